The molecule has 0 atom stereocenters. The normalized spacial score (nSPS) is 10.4. The van der Waals surface area contributed by atoms with Gasteiger partial charge in [-0.15, -0.1) is 17.9 Å². The van der Waals surface area contributed by atoms with Crippen molar-refractivity contribution in [3.05, 3.63) is 46.9 Å². The molecule has 0 bridgehead atoms. The van der Waals surface area contributed by atoms with Crippen LogP contribution in [0.2, 0.25) is 0 Å². The van der Waals surface area contributed by atoms with E-state index >= 15 is 0 Å². The van der Waals surface area contributed by atoms with Crippen molar-refractivity contribution in [2.24, 2.45) is 0 Å². The molecule has 0 aromatic carbocycles. The summed E-state index contributed by atoms with van der Waals surface area (Å²) in [6.07, 6.45) is 6.75. The van der Waals surface area contributed by atoms with Crippen molar-refractivity contribution in [1.82, 2.24) is 9.55 Å². The average molecular weight is 247 g/mol. The lowest BCUT2D eigenvalue weighted by molar-refractivity contribution is 0.806. The van der Waals surface area contributed by atoms with Crippen LogP contribution < -0.4 is 5.32 Å². The van der Waals surface area contributed by atoms with Crippen molar-refractivity contribution in [1.29, 1.82) is 0 Å². The molecule has 3 nitrogen and oxygen atoms in total. The highest BCUT2D eigenvalue weighted by Gasteiger charge is 2.06. The van der Waals surface area contributed by atoms with Crippen molar-refractivity contribution >= 4 is 17.3 Å². The predicted octanol–water partition coefficient (Wildman–Crippen LogP) is 3.15. The summed E-state index contributed by atoms with van der Waals surface area (Å²) in [6, 6.07) is 2.20. The molecule has 0 saturated carbocycles. The summed E-state index contributed by atoms with van der Waals surface area (Å²) in [5.74, 6) is 0.903. The van der Waals surface area contributed by atoms with Gasteiger partial charge in [0.2, 0.25) is 5.95 Å². The molecule has 0 radical (unpaired) electrons. The summed E-state index contributed by atoms with van der Waals surface area (Å²) < 4.78 is 2.13. The van der Waals surface area contributed by atoms with Gasteiger partial charge in [-0.1, -0.05) is 13.0 Å². The van der Waals surface area contributed by atoms with Gasteiger partial charge in [-0.2, -0.15) is 0 Å². The van der Waals surface area contributed by atoms with E-state index in [4.69, 9.17) is 0 Å². The zero-order valence-corrected chi connectivity index (χ0v) is 10.8. The van der Waals surface area contributed by atoms with Crippen LogP contribution in [0.3, 0.4) is 0 Å². The standard InChI is InChI=1S/C13H17N3S/c1-3-6-14-13-15-7-8-16(13)10-12-11(4-2)5-9-17-12/h3,5,7-9H,1,4,6,10H2,2H3,(H,14,15). The lowest BCUT2D eigenvalue weighted by Crippen LogP contribution is -2.07. The Labute approximate surface area is 106 Å². The highest BCUT2D eigenvalue weighted by molar-refractivity contribution is 7.10. The number of aromatic nitrogens is 2. The molecular formula is C13H17N3S. The number of hydrogen-bond acceptors (Lipinski definition) is 3. The molecule has 90 valence electrons. The molecule has 0 saturated heterocycles. The fourth-order valence-corrected chi connectivity index (χ4v) is 2.72. The van der Waals surface area contributed by atoms with Crippen LogP contribution in [-0.2, 0) is 13.0 Å². The van der Waals surface area contributed by atoms with Crippen molar-refractivity contribution in [2.75, 3.05) is 11.9 Å². The maximum Gasteiger partial charge on any atom is 0.203 e. The van der Waals surface area contributed by atoms with Gasteiger partial charge in [0.1, 0.15) is 0 Å². The van der Waals surface area contributed by atoms with Gasteiger partial charge in [-0.05, 0) is 23.4 Å². The minimum atomic E-state index is 0.738. The molecule has 17 heavy (non-hydrogen) atoms. The molecule has 0 aliphatic carbocycles. The minimum Gasteiger partial charge on any atom is -0.352 e. The molecule has 0 fully saturated rings. The topological polar surface area (TPSA) is 29.9 Å². The first kappa shape index (κ1) is 11.9. The number of thiophene rings is 1. The lowest BCUT2D eigenvalue weighted by Gasteiger charge is -2.08. The van der Waals surface area contributed by atoms with Gasteiger partial charge in [0.15, 0.2) is 0 Å². The first-order valence-electron chi connectivity index (χ1n) is 5.76. The summed E-state index contributed by atoms with van der Waals surface area (Å²) >= 11 is 1.81. The summed E-state index contributed by atoms with van der Waals surface area (Å²) in [5.41, 5.74) is 1.43. The molecule has 2 heterocycles. The summed E-state index contributed by atoms with van der Waals surface area (Å²) in [6.45, 7) is 7.51. The second-order valence-electron chi connectivity index (χ2n) is 3.77. The van der Waals surface area contributed by atoms with Crippen LogP contribution >= 0.6 is 11.3 Å². The maximum absolute atomic E-state index is 4.30. The zero-order valence-electron chi connectivity index (χ0n) is 10.0. The van der Waals surface area contributed by atoms with E-state index < -0.39 is 0 Å². The molecular weight excluding hydrogens is 230 g/mol. The number of aryl methyl sites for hydroxylation is 1. The fraction of sp³-hybridized carbons (Fsp3) is 0.308. The molecule has 2 aromatic heterocycles. The number of anilines is 1. The third-order valence-corrected chi connectivity index (χ3v) is 3.60. The fourth-order valence-electron chi connectivity index (χ4n) is 1.74. The number of rotatable bonds is 6. The molecule has 0 amide bonds. The van der Waals surface area contributed by atoms with Crippen LogP contribution in [0.4, 0.5) is 5.95 Å². The Morgan fingerprint density at radius 3 is 3.24 bits per heavy atom. The number of nitrogens with one attached hydrogen (secondary N) is 1. The van der Waals surface area contributed by atoms with E-state index in [1.54, 1.807) is 0 Å². The second kappa shape index (κ2) is 5.68. The second-order valence-corrected chi connectivity index (χ2v) is 4.77. The van der Waals surface area contributed by atoms with E-state index in [0.717, 1.165) is 25.5 Å². The van der Waals surface area contributed by atoms with E-state index in [1.165, 1.54) is 10.4 Å². The zero-order chi connectivity index (χ0) is 12.1. The van der Waals surface area contributed by atoms with Gasteiger partial charge in [-0.25, -0.2) is 4.98 Å². The van der Waals surface area contributed by atoms with Crippen molar-refractivity contribution < 1.29 is 0 Å². The Morgan fingerprint density at radius 2 is 2.47 bits per heavy atom. The van der Waals surface area contributed by atoms with E-state index in [2.05, 4.69) is 39.8 Å². The summed E-state index contributed by atoms with van der Waals surface area (Å²) in [7, 11) is 0. The molecule has 2 rings (SSSR count). The van der Waals surface area contributed by atoms with E-state index in [1.807, 2.05) is 29.8 Å². The Morgan fingerprint density at radius 1 is 1.59 bits per heavy atom. The maximum atomic E-state index is 4.30. The number of imidazole rings is 1. The Balaban J connectivity index is 2.13. The minimum absolute atomic E-state index is 0.738. The Hall–Kier alpha value is -1.55. The molecule has 0 spiro atoms. The van der Waals surface area contributed by atoms with Crippen LogP contribution in [0.5, 0.6) is 0 Å². The Bertz CT molecular complexity index is 484. The number of nitrogens with zero attached hydrogens (tertiary/aromatic N) is 2. The molecule has 4 heteroatoms. The third kappa shape index (κ3) is 2.77. The van der Waals surface area contributed by atoms with Gasteiger partial charge in [0.05, 0.1) is 6.54 Å². The largest absolute Gasteiger partial charge is 0.352 e. The van der Waals surface area contributed by atoms with Crippen LogP contribution in [0.1, 0.15) is 17.4 Å². The van der Waals surface area contributed by atoms with Crippen LogP contribution in [-0.4, -0.2) is 16.1 Å². The van der Waals surface area contributed by atoms with Crippen LogP contribution in [0, 0.1) is 0 Å². The summed E-state index contributed by atoms with van der Waals surface area (Å²) in [5, 5.41) is 5.39. The van der Waals surface area contributed by atoms with Gasteiger partial charge in [0, 0.05) is 23.8 Å². The summed E-state index contributed by atoms with van der Waals surface area (Å²) in [4.78, 5) is 5.71. The highest BCUT2D eigenvalue weighted by Crippen LogP contribution is 2.20. The van der Waals surface area contributed by atoms with Gasteiger partial charge >= 0.3 is 0 Å². The smallest absolute Gasteiger partial charge is 0.203 e. The molecule has 0 aliphatic rings. The third-order valence-electron chi connectivity index (χ3n) is 2.65. The van der Waals surface area contributed by atoms with Crippen molar-refractivity contribution in [2.45, 2.75) is 19.9 Å². The molecule has 2 aromatic rings. The van der Waals surface area contributed by atoms with Crippen molar-refractivity contribution in [3.8, 4) is 0 Å². The quantitative estimate of drug-likeness (QED) is 0.795. The highest BCUT2D eigenvalue weighted by atomic mass is 32.1. The molecule has 1 N–H and O–H groups in total. The molecule has 0 unspecified atom stereocenters. The first-order chi connectivity index (χ1) is 8.35. The van der Waals surface area contributed by atoms with E-state index in [9.17, 15) is 0 Å². The average Bonchev–Trinajstić information content (AvgIpc) is 2.96. The van der Waals surface area contributed by atoms with Gasteiger partial charge in [0.25, 0.3) is 0 Å². The van der Waals surface area contributed by atoms with Gasteiger partial charge in [-0.3, -0.25) is 0 Å². The van der Waals surface area contributed by atoms with Crippen LogP contribution in [0.15, 0.2) is 36.5 Å². The van der Waals surface area contributed by atoms with E-state index in [-0.39, 0.29) is 0 Å². The first-order valence-corrected chi connectivity index (χ1v) is 6.64. The number of hydrogen-bond donors (Lipinski definition) is 1. The van der Waals surface area contributed by atoms with Crippen molar-refractivity contribution in [3.63, 3.8) is 0 Å². The van der Waals surface area contributed by atoms with E-state index in [0.29, 0.717) is 0 Å². The lowest BCUT2D eigenvalue weighted by atomic mass is 10.2. The monoisotopic (exact) mass is 247 g/mol. The van der Waals surface area contributed by atoms with Crippen LogP contribution in [0.25, 0.3) is 0 Å². The molecule has 0 aliphatic heterocycles. The van der Waals surface area contributed by atoms with Gasteiger partial charge < -0.3 is 9.88 Å². The Kier molecular flexibility index (Phi) is 3.98. The predicted molar refractivity (Wildman–Crippen MR) is 73.7 cm³/mol. The SMILES string of the molecule is C=CCNc1nccn1Cc1sccc1CC.